The summed E-state index contributed by atoms with van der Waals surface area (Å²) in [4.78, 5) is 22.2. The molecule has 160 valence electrons. The second-order valence-electron chi connectivity index (χ2n) is 9.59. The second-order valence-corrected chi connectivity index (χ2v) is 26.1. The average molecular weight is 455 g/mol. The first-order valence-electron chi connectivity index (χ1n) is 9.39. The molecular weight excluding hydrogens is 417 g/mol. The van der Waals surface area contributed by atoms with Crippen molar-refractivity contribution in [2.45, 2.75) is 84.2 Å². The van der Waals surface area contributed by atoms with Crippen LogP contribution in [0.5, 0.6) is 0 Å². The molecular formula is C16H38O7Si4. The molecule has 0 aliphatic carbocycles. The quantitative estimate of drug-likeness (QED) is 0.397. The van der Waals surface area contributed by atoms with Crippen molar-refractivity contribution >= 4 is 45.7 Å². The lowest BCUT2D eigenvalue weighted by Crippen LogP contribution is -2.56. The summed E-state index contributed by atoms with van der Waals surface area (Å²) in [5.74, 6) is -3.03. The van der Waals surface area contributed by atoms with Gasteiger partial charge in [-0.1, -0.05) is 6.42 Å². The Kier molecular flexibility index (Phi) is 9.82. The number of rotatable bonds is 13. The Balaban J connectivity index is 5.18. The molecule has 7 nitrogen and oxygen atoms in total. The molecule has 0 bridgehead atoms. The van der Waals surface area contributed by atoms with Crippen LogP contribution >= 0.6 is 0 Å². The van der Waals surface area contributed by atoms with Gasteiger partial charge in [-0.2, -0.15) is 0 Å². The van der Waals surface area contributed by atoms with Gasteiger partial charge >= 0.3 is 29.1 Å². The van der Waals surface area contributed by atoms with Gasteiger partial charge < -0.3 is 22.6 Å². The van der Waals surface area contributed by atoms with Gasteiger partial charge in [-0.25, -0.2) is 0 Å². The van der Waals surface area contributed by atoms with Gasteiger partial charge in [-0.15, -0.1) is 0 Å². The summed E-state index contributed by atoms with van der Waals surface area (Å²) in [5.41, 5.74) is 0. The Morgan fingerprint density at radius 3 is 1.67 bits per heavy atom. The molecule has 0 aromatic carbocycles. The van der Waals surface area contributed by atoms with Crippen LogP contribution in [0.1, 0.15) is 19.3 Å². The van der Waals surface area contributed by atoms with E-state index in [1.165, 1.54) is 0 Å². The van der Waals surface area contributed by atoms with Crippen molar-refractivity contribution in [3.8, 4) is 0 Å². The maximum absolute atomic E-state index is 11.3. The molecule has 0 heterocycles. The van der Waals surface area contributed by atoms with Crippen molar-refractivity contribution in [2.75, 3.05) is 0 Å². The summed E-state index contributed by atoms with van der Waals surface area (Å²) in [6.45, 7) is 18.8. The molecule has 0 saturated heterocycles. The zero-order valence-electron chi connectivity index (χ0n) is 18.3. The van der Waals surface area contributed by atoms with Crippen molar-refractivity contribution in [3.63, 3.8) is 0 Å². The Morgan fingerprint density at radius 1 is 0.815 bits per heavy atom. The van der Waals surface area contributed by atoms with Gasteiger partial charge in [0.15, 0.2) is 16.6 Å². The third-order valence-corrected chi connectivity index (χ3v) is 17.0. The van der Waals surface area contributed by atoms with Crippen molar-refractivity contribution in [2.24, 2.45) is 5.92 Å². The van der Waals surface area contributed by atoms with Crippen molar-refractivity contribution in [3.05, 3.63) is 0 Å². The first-order valence-corrected chi connectivity index (χ1v) is 21.5. The van der Waals surface area contributed by atoms with Crippen LogP contribution in [0.25, 0.3) is 0 Å². The van der Waals surface area contributed by atoms with Crippen LogP contribution in [0.15, 0.2) is 0 Å². The minimum atomic E-state index is -2.58. The fourth-order valence-electron chi connectivity index (χ4n) is 3.24. The van der Waals surface area contributed by atoms with E-state index in [1.807, 2.05) is 19.6 Å². The Morgan fingerprint density at radius 2 is 1.30 bits per heavy atom. The van der Waals surface area contributed by atoms with E-state index in [9.17, 15) is 14.7 Å². The molecule has 0 aliphatic heterocycles. The highest BCUT2D eigenvalue weighted by molar-refractivity contribution is 6.89. The molecule has 0 saturated carbocycles. The number of hydrogen-bond donors (Lipinski definition) is 2. The molecule has 0 aromatic heterocycles. The van der Waals surface area contributed by atoms with E-state index in [1.54, 1.807) is 0 Å². The van der Waals surface area contributed by atoms with E-state index in [0.29, 0.717) is 18.9 Å². The predicted molar refractivity (Wildman–Crippen MR) is 116 cm³/mol. The first-order chi connectivity index (χ1) is 11.8. The lowest BCUT2D eigenvalue weighted by molar-refractivity contribution is -0.148. The zero-order chi connectivity index (χ0) is 21.7. The van der Waals surface area contributed by atoms with Gasteiger partial charge in [0.1, 0.15) is 0 Å². The molecule has 27 heavy (non-hydrogen) atoms. The van der Waals surface area contributed by atoms with Crippen LogP contribution in [-0.4, -0.2) is 55.9 Å². The highest BCUT2D eigenvalue weighted by Gasteiger charge is 2.44. The summed E-state index contributed by atoms with van der Waals surface area (Å²) in [6, 6.07) is 0.631. The van der Waals surface area contributed by atoms with Gasteiger partial charge in [-0.05, 0) is 71.4 Å². The van der Waals surface area contributed by atoms with Crippen LogP contribution in [0.3, 0.4) is 0 Å². The van der Waals surface area contributed by atoms with E-state index in [-0.39, 0.29) is 6.42 Å². The third kappa shape index (κ3) is 13.5. The molecule has 0 radical (unpaired) electrons. The van der Waals surface area contributed by atoms with Gasteiger partial charge in [0, 0.05) is 0 Å². The fourth-order valence-corrected chi connectivity index (χ4v) is 21.2. The van der Waals surface area contributed by atoms with E-state index >= 15 is 0 Å². The van der Waals surface area contributed by atoms with Gasteiger partial charge in [0.25, 0.3) is 0 Å². The number of hydrogen-bond acceptors (Lipinski definition) is 5. The van der Waals surface area contributed by atoms with Crippen molar-refractivity contribution in [1.29, 1.82) is 0 Å². The van der Waals surface area contributed by atoms with Crippen LogP contribution in [-0.2, 0) is 21.9 Å². The number of carboxylic acids is 2. The maximum Gasteiger partial charge on any atom is 0.315 e. The summed E-state index contributed by atoms with van der Waals surface area (Å²) in [5, 5.41) is 18.1. The standard InChI is InChI=1S/C16H38O7Si4/c1-24(2,3)21-26(7,8)23-27(9,22-25(4,5)6)12-10-11-14(16(19)20)13-15(17)18/h14H,10-13H2,1-9H3,(H,17,18)(H,19,20). The second kappa shape index (κ2) is 9.94. The van der Waals surface area contributed by atoms with E-state index in [2.05, 4.69) is 39.3 Å². The Labute approximate surface area is 168 Å². The van der Waals surface area contributed by atoms with Crippen LogP contribution in [0.2, 0.25) is 65.0 Å². The molecule has 0 amide bonds. The van der Waals surface area contributed by atoms with Crippen LogP contribution in [0.4, 0.5) is 0 Å². The first kappa shape index (κ1) is 26.7. The Hall–Kier alpha value is -0.312. The molecule has 2 unspecified atom stereocenters. The molecule has 0 rings (SSSR count). The van der Waals surface area contributed by atoms with Gasteiger partial charge in [-0.3, -0.25) is 9.59 Å². The monoisotopic (exact) mass is 454 g/mol. The summed E-state index contributed by atoms with van der Waals surface area (Å²) in [7, 11) is -8.60. The van der Waals surface area contributed by atoms with Gasteiger partial charge in [0.2, 0.25) is 0 Å². The molecule has 2 atom stereocenters. The molecule has 0 fully saturated rings. The highest BCUT2D eigenvalue weighted by Crippen LogP contribution is 2.29. The SMILES string of the molecule is C[Si](C)(C)O[Si](C)(C)O[Si](C)(CCCC(CC(=O)O)C(=O)O)O[Si](C)(C)C. The van der Waals surface area contributed by atoms with Gasteiger partial charge in [0.05, 0.1) is 12.3 Å². The average Bonchev–Trinajstić information content (AvgIpc) is 2.29. The zero-order valence-corrected chi connectivity index (χ0v) is 22.3. The minimum absolute atomic E-state index is 0.305. The Bertz CT molecular complexity index is 514. The minimum Gasteiger partial charge on any atom is -0.481 e. The van der Waals surface area contributed by atoms with Crippen molar-refractivity contribution < 1.29 is 32.1 Å². The summed E-state index contributed by atoms with van der Waals surface area (Å²) < 4.78 is 19.3. The molecule has 0 spiro atoms. The molecule has 11 heteroatoms. The molecule has 0 aliphatic rings. The largest absolute Gasteiger partial charge is 0.481 e. The normalized spacial score (nSPS) is 16.6. The van der Waals surface area contributed by atoms with E-state index < -0.39 is 51.6 Å². The lowest BCUT2D eigenvalue weighted by Gasteiger charge is -2.41. The summed E-state index contributed by atoms with van der Waals surface area (Å²) >= 11 is 0. The van der Waals surface area contributed by atoms with E-state index in [0.717, 1.165) is 0 Å². The number of carboxylic acid groups (broad SMARTS) is 2. The van der Waals surface area contributed by atoms with Crippen LogP contribution < -0.4 is 0 Å². The fraction of sp³-hybridized carbons (Fsp3) is 0.875. The van der Waals surface area contributed by atoms with Crippen molar-refractivity contribution in [1.82, 2.24) is 0 Å². The topological polar surface area (TPSA) is 102 Å². The number of carbonyl (C=O) groups is 2. The number of aliphatic carboxylic acids is 2. The molecule has 0 aromatic rings. The predicted octanol–water partition coefficient (Wildman–Crippen LogP) is 4.44. The maximum atomic E-state index is 11.3. The third-order valence-electron chi connectivity index (χ3n) is 3.49. The molecule has 2 N–H and O–H groups in total. The van der Waals surface area contributed by atoms with Crippen LogP contribution in [0, 0.1) is 5.92 Å². The van der Waals surface area contributed by atoms with E-state index in [4.69, 9.17) is 17.5 Å². The highest BCUT2D eigenvalue weighted by atomic mass is 28.5. The lowest BCUT2D eigenvalue weighted by atomic mass is 10.0. The smallest absolute Gasteiger partial charge is 0.315 e. The summed E-state index contributed by atoms with van der Waals surface area (Å²) in [6.07, 6.45) is 0.511.